The molecule has 4 rings (SSSR count). The van der Waals surface area contributed by atoms with E-state index in [4.69, 9.17) is 9.72 Å². The lowest BCUT2D eigenvalue weighted by atomic mass is 10.1. The predicted octanol–water partition coefficient (Wildman–Crippen LogP) is 3.58. The highest BCUT2D eigenvalue weighted by Gasteiger charge is 2.21. The minimum atomic E-state index is 0.301. The molecule has 1 aliphatic heterocycles. The number of anilines is 1. The van der Waals surface area contributed by atoms with Crippen LogP contribution in [-0.2, 0) is 4.74 Å². The largest absolute Gasteiger partial charge is 0.373 e. The van der Waals surface area contributed by atoms with E-state index in [1.54, 1.807) is 0 Å². The molecule has 0 saturated carbocycles. The molecule has 3 heterocycles. The molecule has 1 aliphatic rings. The van der Waals surface area contributed by atoms with Crippen LogP contribution in [0.2, 0.25) is 0 Å². The van der Waals surface area contributed by atoms with E-state index in [-0.39, 0.29) is 0 Å². The van der Waals surface area contributed by atoms with Gasteiger partial charge in [0.2, 0.25) is 0 Å². The first kappa shape index (κ1) is 18.7. The smallest absolute Gasteiger partial charge is 0.157 e. The maximum atomic E-state index is 9.59. The summed E-state index contributed by atoms with van der Waals surface area (Å²) in [7, 11) is 0. The second-order valence-corrected chi connectivity index (χ2v) is 7.76. The number of nitriles is 1. The Bertz CT molecular complexity index is 1020. The second-order valence-electron chi connectivity index (χ2n) is 7.76. The summed E-state index contributed by atoms with van der Waals surface area (Å²) < 4.78 is 7.88. The van der Waals surface area contributed by atoms with Gasteiger partial charge in [0, 0.05) is 26.2 Å². The molecule has 3 aromatic rings. The Kier molecular flexibility index (Phi) is 5.21. The van der Waals surface area contributed by atoms with Gasteiger partial charge in [-0.2, -0.15) is 5.26 Å². The van der Waals surface area contributed by atoms with Crippen LogP contribution in [0.4, 0.5) is 5.82 Å². The number of para-hydroxylation sites is 2. The summed E-state index contributed by atoms with van der Waals surface area (Å²) >= 11 is 0. The van der Waals surface area contributed by atoms with Crippen molar-refractivity contribution in [1.82, 2.24) is 14.3 Å². The van der Waals surface area contributed by atoms with Gasteiger partial charge in [-0.15, -0.1) is 0 Å². The highest BCUT2D eigenvalue weighted by Crippen LogP contribution is 2.26. The average Bonchev–Trinajstić information content (AvgIpc) is 3.04. The topological polar surface area (TPSA) is 65.6 Å². The van der Waals surface area contributed by atoms with Crippen molar-refractivity contribution in [1.29, 1.82) is 5.26 Å². The van der Waals surface area contributed by atoms with Crippen molar-refractivity contribution in [2.24, 2.45) is 0 Å². The molecule has 2 atom stereocenters. The van der Waals surface area contributed by atoms with Gasteiger partial charge in [-0.1, -0.05) is 12.1 Å². The van der Waals surface area contributed by atoms with Gasteiger partial charge in [-0.25, -0.2) is 4.98 Å². The lowest BCUT2D eigenvalue weighted by molar-refractivity contribution is -0.0678. The Morgan fingerprint density at radius 2 is 2.00 bits per heavy atom. The number of pyridine rings is 1. The van der Waals surface area contributed by atoms with Gasteiger partial charge in [-0.3, -0.25) is 9.30 Å². The van der Waals surface area contributed by atoms with E-state index >= 15 is 0 Å². The van der Waals surface area contributed by atoms with Crippen LogP contribution in [0.25, 0.3) is 16.7 Å². The van der Waals surface area contributed by atoms with Gasteiger partial charge in [0.25, 0.3) is 0 Å². The molecule has 0 bridgehead atoms. The minimum absolute atomic E-state index is 0.301. The summed E-state index contributed by atoms with van der Waals surface area (Å²) in [5.41, 5.74) is 4.24. The standard InChI is InChI=1S/C22H27N5O/c1-15-11-21(24-9-6-10-26-13-16(2)28-17(3)14-26)27-20-8-5-4-7-19(20)25-22(27)18(15)12-23/h4-5,7-8,11,16-17,24H,6,9-10,13-14H2,1-3H3. The molecule has 6 heteroatoms. The average molecular weight is 377 g/mol. The summed E-state index contributed by atoms with van der Waals surface area (Å²) in [6.07, 6.45) is 1.65. The molecule has 2 unspecified atom stereocenters. The second kappa shape index (κ2) is 7.78. The van der Waals surface area contributed by atoms with Crippen LogP contribution >= 0.6 is 0 Å². The minimum Gasteiger partial charge on any atom is -0.373 e. The van der Waals surface area contributed by atoms with Crippen LogP contribution in [0, 0.1) is 18.3 Å². The molecule has 2 aromatic heterocycles. The number of imidazole rings is 1. The number of hydrogen-bond acceptors (Lipinski definition) is 5. The number of nitrogens with zero attached hydrogens (tertiary/aromatic N) is 4. The van der Waals surface area contributed by atoms with Crippen molar-refractivity contribution in [3.05, 3.63) is 41.5 Å². The van der Waals surface area contributed by atoms with E-state index in [0.29, 0.717) is 17.8 Å². The van der Waals surface area contributed by atoms with Crippen molar-refractivity contribution in [3.63, 3.8) is 0 Å². The maximum absolute atomic E-state index is 9.59. The third kappa shape index (κ3) is 3.56. The lowest BCUT2D eigenvalue weighted by Crippen LogP contribution is -2.45. The number of rotatable bonds is 5. The number of nitrogens with one attached hydrogen (secondary N) is 1. The van der Waals surface area contributed by atoms with Gasteiger partial charge in [0.1, 0.15) is 11.9 Å². The number of fused-ring (bicyclic) bond motifs is 3. The van der Waals surface area contributed by atoms with Crippen LogP contribution in [0.1, 0.15) is 31.4 Å². The van der Waals surface area contributed by atoms with Crippen LogP contribution < -0.4 is 5.32 Å². The zero-order chi connectivity index (χ0) is 19.7. The molecule has 0 spiro atoms. The molecule has 0 amide bonds. The Morgan fingerprint density at radius 1 is 1.25 bits per heavy atom. The number of morpholine rings is 1. The highest BCUT2D eigenvalue weighted by atomic mass is 16.5. The molecular weight excluding hydrogens is 350 g/mol. The SMILES string of the molecule is Cc1cc(NCCCN2CC(C)OC(C)C2)n2c(nc3ccccc32)c1C#N. The summed E-state index contributed by atoms with van der Waals surface area (Å²) in [4.78, 5) is 7.18. The third-order valence-corrected chi connectivity index (χ3v) is 5.34. The number of aromatic nitrogens is 2. The van der Waals surface area contributed by atoms with Crippen molar-refractivity contribution in [2.45, 2.75) is 39.4 Å². The molecule has 1 N–H and O–H groups in total. The number of ether oxygens (including phenoxy) is 1. The molecule has 6 nitrogen and oxygen atoms in total. The Morgan fingerprint density at radius 3 is 2.75 bits per heavy atom. The van der Waals surface area contributed by atoms with Crippen molar-refractivity contribution >= 4 is 22.5 Å². The summed E-state index contributed by atoms with van der Waals surface area (Å²) in [6, 6.07) is 12.4. The molecule has 146 valence electrons. The van der Waals surface area contributed by atoms with E-state index < -0.39 is 0 Å². The first-order chi connectivity index (χ1) is 13.6. The van der Waals surface area contributed by atoms with Crippen LogP contribution in [0.3, 0.4) is 0 Å². The molecular formula is C22H27N5O. The van der Waals surface area contributed by atoms with Crippen LogP contribution in [-0.4, -0.2) is 52.7 Å². The monoisotopic (exact) mass is 377 g/mol. The summed E-state index contributed by atoms with van der Waals surface area (Å²) in [6.45, 7) is 10.2. The first-order valence-corrected chi connectivity index (χ1v) is 9.99. The molecule has 1 aromatic carbocycles. The van der Waals surface area contributed by atoms with E-state index in [2.05, 4.69) is 40.6 Å². The Hall–Kier alpha value is -2.62. The molecule has 1 fully saturated rings. The van der Waals surface area contributed by atoms with Crippen molar-refractivity contribution < 1.29 is 4.74 Å². The van der Waals surface area contributed by atoms with E-state index in [1.165, 1.54) is 0 Å². The van der Waals surface area contributed by atoms with Crippen LogP contribution in [0.15, 0.2) is 30.3 Å². The van der Waals surface area contributed by atoms with Crippen molar-refractivity contribution in [2.75, 3.05) is 31.5 Å². The molecule has 0 radical (unpaired) electrons. The van der Waals surface area contributed by atoms with Crippen LogP contribution in [0.5, 0.6) is 0 Å². The fourth-order valence-electron chi connectivity index (χ4n) is 4.21. The lowest BCUT2D eigenvalue weighted by Gasteiger charge is -2.35. The van der Waals surface area contributed by atoms with Gasteiger partial charge < -0.3 is 10.1 Å². The van der Waals surface area contributed by atoms with Gasteiger partial charge >= 0.3 is 0 Å². The number of benzene rings is 1. The zero-order valence-corrected chi connectivity index (χ0v) is 16.8. The van der Waals surface area contributed by atoms with E-state index in [0.717, 1.165) is 60.7 Å². The fourth-order valence-corrected chi connectivity index (χ4v) is 4.21. The zero-order valence-electron chi connectivity index (χ0n) is 16.8. The van der Waals surface area contributed by atoms with Gasteiger partial charge in [0.15, 0.2) is 5.65 Å². The summed E-state index contributed by atoms with van der Waals surface area (Å²) in [5, 5.41) is 13.2. The third-order valence-electron chi connectivity index (χ3n) is 5.34. The fraction of sp³-hybridized carbons (Fsp3) is 0.455. The Labute approximate surface area is 165 Å². The van der Waals surface area contributed by atoms with Crippen molar-refractivity contribution in [3.8, 4) is 6.07 Å². The quantitative estimate of drug-likeness (QED) is 0.689. The highest BCUT2D eigenvalue weighted by molar-refractivity contribution is 5.85. The maximum Gasteiger partial charge on any atom is 0.157 e. The number of aryl methyl sites for hydroxylation is 1. The molecule has 1 saturated heterocycles. The van der Waals surface area contributed by atoms with Gasteiger partial charge in [0.05, 0.1) is 28.8 Å². The first-order valence-electron chi connectivity index (χ1n) is 9.99. The molecule has 28 heavy (non-hydrogen) atoms. The Balaban J connectivity index is 1.53. The predicted molar refractivity (Wildman–Crippen MR) is 112 cm³/mol. The van der Waals surface area contributed by atoms with Gasteiger partial charge in [-0.05, 0) is 51.0 Å². The summed E-state index contributed by atoms with van der Waals surface area (Å²) in [5.74, 6) is 0.990. The van der Waals surface area contributed by atoms with E-state index in [1.807, 2.05) is 31.2 Å². The van der Waals surface area contributed by atoms with E-state index in [9.17, 15) is 5.26 Å². The normalized spacial score (nSPS) is 20.5. The number of hydrogen-bond donors (Lipinski definition) is 1. The molecule has 0 aliphatic carbocycles.